The van der Waals surface area contributed by atoms with Gasteiger partial charge in [-0.2, -0.15) is 18.3 Å². The summed E-state index contributed by atoms with van der Waals surface area (Å²) in [5.41, 5.74) is -1.57. The summed E-state index contributed by atoms with van der Waals surface area (Å²) >= 11 is 0. The number of hydrogen-bond donors (Lipinski definition) is 1. The molecule has 0 radical (unpaired) electrons. The molecule has 9 heteroatoms. The van der Waals surface area contributed by atoms with E-state index in [2.05, 4.69) is 10.4 Å². The standard InChI is InChI=1S/C19H21F3N4O2/c1-25-17(27)10-9-16(24-25)26-11-5-4-6-13(26)12-23-18(28)14-7-2-3-8-15(14)19(20,21)22/h2-3,7-10,13H,4-6,11-12H2,1H3,(H,23,28). The van der Waals surface area contributed by atoms with Crippen LogP contribution in [0.3, 0.4) is 0 Å². The minimum atomic E-state index is -4.59. The summed E-state index contributed by atoms with van der Waals surface area (Å²) in [6.07, 6.45) is -1.94. The van der Waals surface area contributed by atoms with Crippen molar-refractivity contribution in [3.63, 3.8) is 0 Å². The predicted molar refractivity (Wildman–Crippen MR) is 98.2 cm³/mol. The van der Waals surface area contributed by atoms with Crippen molar-refractivity contribution in [3.05, 3.63) is 57.9 Å². The van der Waals surface area contributed by atoms with Crippen LogP contribution in [0.2, 0.25) is 0 Å². The summed E-state index contributed by atoms with van der Waals surface area (Å²) in [5.74, 6) is -0.149. The number of rotatable bonds is 4. The topological polar surface area (TPSA) is 67.2 Å². The molecule has 1 N–H and O–H groups in total. The van der Waals surface area contributed by atoms with Crippen LogP contribution in [0.5, 0.6) is 0 Å². The number of nitrogens with one attached hydrogen (secondary N) is 1. The molecule has 2 heterocycles. The average molecular weight is 394 g/mol. The summed E-state index contributed by atoms with van der Waals surface area (Å²) < 4.78 is 40.6. The molecule has 3 rings (SSSR count). The molecule has 1 fully saturated rings. The Labute approximate surface area is 160 Å². The number of benzene rings is 1. The Kier molecular flexibility index (Phi) is 5.71. The van der Waals surface area contributed by atoms with E-state index in [-0.39, 0.29) is 18.1 Å². The third kappa shape index (κ3) is 4.35. The maximum absolute atomic E-state index is 13.1. The number of carbonyl (C=O) groups excluding carboxylic acids is 1. The Bertz CT molecular complexity index is 911. The lowest BCUT2D eigenvalue weighted by molar-refractivity contribution is -0.137. The number of aryl methyl sites for hydroxylation is 1. The fourth-order valence-electron chi connectivity index (χ4n) is 3.39. The Morgan fingerprint density at radius 3 is 2.68 bits per heavy atom. The number of alkyl halides is 3. The third-order valence-electron chi connectivity index (χ3n) is 4.84. The zero-order valence-corrected chi connectivity index (χ0v) is 15.4. The van der Waals surface area contributed by atoms with Crippen molar-refractivity contribution in [1.82, 2.24) is 15.1 Å². The largest absolute Gasteiger partial charge is 0.417 e. The van der Waals surface area contributed by atoms with Crippen LogP contribution >= 0.6 is 0 Å². The van der Waals surface area contributed by atoms with Gasteiger partial charge in [0.05, 0.1) is 11.1 Å². The zero-order chi connectivity index (χ0) is 20.3. The molecular formula is C19H21F3N4O2. The van der Waals surface area contributed by atoms with Gasteiger partial charge in [0.15, 0.2) is 0 Å². The monoisotopic (exact) mass is 394 g/mol. The Morgan fingerprint density at radius 2 is 1.96 bits per heavy atom. The molecule has 1 aliphatic rings. The average Bonchev–Trinajstić information content (AvgIpc) is 2.68. The van der Waals surface area contributed by atoms with E-state index in [1.54, 1.807) is 13.1 Å². The normalized spacial score (nSPS) is 17.4. The predicted octanol–water partition coefficient (Wildman–Crippen LogP) is 2.59. The molecule has 0 saturated carbocycles. The molecule has 150 valence electrons. The van der Waals surface area contributed by atoms with Gasteiger partial charge in [0.25, 0.3) is 11.5 Å². The summed E-state index contributed by atoms with van der Waals surface area (Å²) in [5, 5.41) is 6.88. The number of piperidine rings is 1. The highest BCUT2D eigenvalue weighted by atomic mass is 19.4. The zero-order valence-electron chi connectivity index (χ0n) is 15.4. The number of halogens is 3. The molecule has 1 unspecified atom stereocenters. The second kappa shape index (κ2) is 8.04. The summed E-state index contributed by atoms with van der Waals surface area (Å²) in [6, 6.07) is 7.68. The van der Waals surface area contributed by atoms with Crippen molar-refractivity contribution < 1.29 is 18.0 Å². The smallest absolute Gasteiger partial charge is 0.350 e. The van der Waals surface area contributed by atoms with Crippen LogP contribution in [0.4, 0.5) is 19.0 Å². The molecule has 28 heavy (non-hydrogen) atoms. The first-order valence-electron chi connectivity index (χ1n) is 9.03. The number of hydrogen-bond acceptors (Lipinski definition) is 4. The molecule has 1 aromatic carbocycles. The van der Waals surface area contributed by atoms with Gasteiger partial charge < -0.3 is 10.2 Å². The summed E-state index contributed by atoms with van der Waals surface area (Å²) in [4.78, 5) is 25.9. The third-order valence-corrected chi connectivity index (χ3v) is 4.84. The van der Waals surface area contributed by atoms with Gasteiger partial charge in [0, 0.05) is 32.2 Å². The van der Waals surface area contributed by atoms with Crippen molar-refractivity contribution >= 4 is 11.7 Å². The van der Waals surface area contributed by atoms with Crippen molar-refractivity contribution in [2.45, 2.75) is 31.5 Å². The van der Waals surface area contributed by atoms with E-state index in [1.165, 1.54) is 28.9 Å². The van der Waals surface area contributed by atoms with Crippen molar-refractivity contribution in [2.24, 2.45) is 7.05 Å². The molecule has 1 saturated heterocycles. The molecule has 1 aliphatic heterocycles. The SMILES string of the molecule is Cn1nc(N2CCCCC2CNC(=O)c2ccccc2C(F)(F)F)ccc1=O. The first-order valence-corrected chi connectivity index (χ1v) is 9.03. The van der Waals surface area contributed by atoms with Crippen molar-refractivity contribution in [3.8, 4) is 0 Å². The van der Waals surface area contributed by atoms with E-state index in [1.807, 2.05) is 4.90 Å². The van der Waals surface area contributed by atoms with Crippen LogP contribution in [-0.2, 0) is 13.2 Å². The Balaban J connectivity index is 1.74. The highest BCUT2D eigenvalue weighted by Crippen LogP contribution is 2.31. The number of amides is 1. The second-order valence-electron chi connectivity index (χ2n) is 6.75. The maximum Gasteiger partial charge on any atom is 0.417 e. The fourth-order valence-corrected chi connectivity index (χ4v) is 3.39. The van der Waals surface area contributed by atoms with E-state index in [0.717, 1.165) is 25.3 Å². The number of aromatic nitrogens is 2. The van der Waals surface area contributed by atoms with E-state index in [0.29, 0.717) is 12.4 Å². The fraction of sp³-hybridized carbons (Fsp3) is 0.421. The van der Waals surface area contributed by atoms with Gasteiger partial charge in [-0.15, -0.1) is 0 Å². The van der Waals surface area contributed by atoms with E-state index in [4.69, 9.17) is 0 Å². The maximum atomic E-state index is 13.1. The first kappa shape index (κ1) is 19.9. The molecule has 6 nitrogen and oxygen atoms in total. The molecule has 0 spiro atoms. The van der Waals surface area contributed by atoms with E-state index < -0.39 is 23.2 Å². The van der Waals surface area contributed by atoms with Gasteiger partial charge in [-0.1, -0.05) is 12.1 Å². The van der Waals surface area contributed by atoms with E-state index in [9.17, 15) is 22.8 Å². The lowest BCUT2D eigenvalue weighted by Crippen LogP contribution is -2.47. The van der Waals surface area contributed by atoms with Gasteiger partial charge in [0.2, 0.25) is 0 Å². The molecule has 2 aromatic rings. The number of nitrogens with zero attached hydrogens (tertiary/aromatic N) is 3. The first-order chi connectivity index (χ1) is 13.3. The molecular weight excluding hydrogens is 373 g/mol. The number of carbonyl (C=O) groups is 1. The lowest BCUT2D eigenvalue weighted by Gasteiger charge is -2.36. The van der Waals surface area contributed by atoms with Crippen LogP contribution < -0.4 is 15.8 Å². The van der Waals surface area contributed by atoms with Crippen molar-refractivity contribution in [1.29, 1.82) is 0 Å². The lowest BCUT2D eigenvalue weighted by atomic mass is 10.0. The van der Waals surface area contributed by atoms with Gasteiger partial charge in [-0.3, -0.25) is 9.59 Å². The minimum absolute atomic E-state index is 0.110. The van der Waals surface area contributed by atoms with Crippen LogP contribution in [0, 0.1) is 0 Å². The molecule has 1 atom stereocenters. The molecule has 0 bridgehead atoms. The number of anilines is 1. The quantitative estimate of drug-likeness (QED) is 0.866. The second-order valence-corrected chi connectivity index (χ2v) is 6.75. The van der Waals surface area contributed by atoms with Crippen LogP contribution in [0.25, 0.3) is 0 Å². The molecule has 0 aliphatic carbocycles. The molecule has 1 amide bonds. The van der Waals surface area contributed by atoms with Gasteiger partial charge in [-0.05, 0) is 37.5 Å². The van der Waals surface area contributed by atoms with Crippen LogP contribution in [-0.4, -0.2) is 34.8 Å². The van der Waals surface area contributed by atoms with E-state index >= 15 is 0 Å². The van der Waals surface area contributed by atoms with Gasteiger partial charge >= 0.3 is 6.18 Å². The Hall–Kier alpha value is -2.84. The Morgan fingerprint density at radius 1 is 1.21 bits per heavy atom. The summed E-state index contributed by atoms with van der Waals surface area (Å²) in [6.45, 7) is 0.889. The molecule has 1 aromatic heterocycles. The van der Waals surface area contributed by atoms with Crippen LogP contribution in [0.1, 0.15) is 35.2 Å². The highest BCUT2D eigenvalue weighted by Gasteiger charge is 2.35. The van der Waals surface area contributed by atoms with Gasteiger partial charge in [-0.25, -0.2) is 4.68 Å². The van der Waals surface area contributed by atoms with Crippen LogP contribution in [0.15, 0.2) is 41.2 Å². The highest BCUT2D eigenvalue weighted by molar-refractivity contribution is 5.95. The van der Waals surface area contributed by atoms with Gasteiger partial charge in [0.1, 0.15) is 5.82 Å². The summed E-state index contributed by atoms with van der Waals surface area (Å²) in [7, 11) is 1.56. The van der Waals surface area contributed by atoms with Crippen molar-refractivity contribution in [2.75, 3.05) is 18.0 Å². The minimum Gasteiger partial charge on any atom is -0.350 e.